The van der Waals surface area contributed by atoms with E-state index in [4.69, 9.17) is 4.84 Å². The van der Waals surface area contributed by atoms with Gasteiger partial charge in [-0.15, -0.1) is 0 Å². The predicted octanol–water partition coefficient (Wildman–Crippen LogP) is -0.438. The Hall–Kier alpha value is -1.27. The first kappa shape index (κ1) is 10.9. The fourth-order valence-corrected chi connectivity index (χ4v) is 2.81. The number of amides is 1. The highest BCUT2D eigenvalue weighted by molar-refractivity contribution is 5.84. The van der Waals surface area contributed by atoms with Crippen LogP contribution in [0.3, 0.4) is 0 Å². The van der Waals surface area contributed by atoms with E-state index in [0.29, 0.717) is 6.04 Å². The number of hydrazine groups is 1. The van der Waals surface area contributed by atoms with Gasteiger partial charge in [-0.1, -0.05) is 5.59 Å². The van der Waals surface area contributed by atoms with Gasteiger partial charge in [-0.3, -0.25) is 9.80 Å². The Balaban J connectivity index is 1.64. The lowest BCUT2D eigenvalue weighted by Crippen LogP contribution is -2.48. The van der Waals surface area contributed by atoms with Gasteiger partial charge in [0.25, 0.3) is 0 Å². The highest BCUT2D eigenvalue weighted by atomic mass is 16.7. The SMILES string of the molecule is O=C1C(N2C=CON2)CCN1C1CCNCC1. The second-order valence-corrected chi connectivity index (χ2v) is 4.72. The van der Waals surface area contributed by atoms with E-state index in [1.165, 1.54) is 0 Å². The minimum absolute atomic E-state index is 0.108. The molecule has 6 nitrogen and oxygen atoms in total. The first-order chi connectivity index (χ1) is 8.36. The quantitative estimate of drug-likeness (QED) is 0.683. The molecule has 0 aliphatic carbocycles. The summed E-state index contributed by atoms with van der Waals surface area (Å²) in [4.78, 5) is 19.3. The number of likely N-dealkylation sites (tertiary alicyclic amines) is 1. The van der Waals surface area contributed by atoms with Gasteiger partial charge < -0.3 is 15.1 Å². The number of nitrogens with zero attached hydrogens (tertiary/aromatic N) is 2. The fourth-order valence-electron chi connectivity index (χ4n) is 2.81. The van der Waals surface area contributed by atoms with Crippen molar-refractivity contribution in [2.75, 3.05) is 19.6 Å². The van der Waals surface area contributed by atoms with Gasteiger partial charge in [-0.25, -0.2) is 0 Å². The molecule has 0 aromatic heterocycles. The van der Waals surface area contributed by atoms with Crippen LogP contribution in [0.5, 0.6) is 0 Å². The van der Waals surface area contributed by atoms with Gasteiger partial charge in [0.2, 0.25) is 5.91 Å². The van der Waals surface area contributed by atoms with Crippen molar-refractivity contribution < 1.29 is 9.63 Å². The first-order valence-corrected chi connectivity index (χ1v) is 6.24. The molecule has 2 saturated heterocycles. The van der Waals surface area contributed by atoms with Gasteiger partial charge in [0, 0.05) is 12.6 Å². The van der Waals surface area contributed by atoms with Crippen LogP contribution in [0.2, 0.25) is 0 Å². The Bertz CT molecular complexity index is 327. The third-order valence-corrected chi connectivity index (χ3v) is 3.74. The lowest BCUT2D eigenvalue weighted by atomic mass is 10.1. The smallest absolute Gasteiger partial charge is 0.247 e. The Morgan fingerprint density at radius 1 is 1.29 bits per heavy atom. The predicted molar refractivity (Wildman–Crippen MR) is 61.2 cm³/mol. The van der Waals surface area contributed by atoms with Crippen molar-refractivity contribution in [1.82, 2.24) is 20.8 Å². The van der Waals surface area contributed by atoms with Crippen LogP contribution in [0.25, 0.3) is 0 Å². The second kappa shape index (κ2) is 4.54. The Labute approximate surface area is 101 Å². The number of hydrogen-bond acceptors (Lipinski definition) is 5. The van der Waals surface area contributed by atoms with Gasteiger partial charge in [0.05, 0.1) is 6.20 Å². The summed E-state index contributed by atoms with van der Waals surface area (Å²) in [5.41, 5.74) is 2.71. The van der Waals surface area contributed by atoms with E-state index >= 15 is 0 Å². The largest absolute Gasteiger partial charge is 0.395 e. The first-order valence-electron chi connectivity index (χ1n) is 6.24. The molecule has 0 spiro atoms. The molecule has 94 valence electrons. The topological polar surface area (TPSA) is 56.8 Å². The van der Waals surface area contributed by atoms with Gasteiger partial charge >= 0.3 is 0 Å². The lowest BCUT2D eigenvalue weighted by Gasteiger charge is -2.32. The molecule has 3 aliphatic heterocycles. The summed E-state index contributed by atoms with van der Waals surface area (Å²) in [7, 11) is 0. The molecule has 2 N–H and O–H groups in total. The van der Waals surface area contributed by atoms with Crippen LogP contribution in [-0.4, -0.2) is 47.5 Å². The average Bonchev–Trinajstić information content (AvgIpc) is 2.99. The maximum Gasteiger partial charge on any atom is 0.247 e. The summed E-state index contributed by atoms with van der Waals surface area (Å²) in [5, 5.41) is 5.08. The van der Waals surface area contributed by atoms with Gasteiger partial charge in [0.1, 0.15) is 12.3 Å². The highest BCUT2D eigenvalue weighted by Gasteiger charge is 2.39. The summed E-state index contributed by atoms with van der Waals surface area (Å²) < 4.78 is 0. The second-order valence-electron chi connectivity index (χ2n) is 4.72. The normalized spacial score (nSPS) is 30.1. The van der Waals surface area contributed by atoms with Crippen LogP contribution in [0.4, 0.5) is 0 Å². The molecule has 2 fully saturated rings. The zero-order chi connectivity index (χ0) is 11.7. The molecule has 0 aromatic carbocycles. The van der Waals surface area contributed by atoms with E-state index in [-0.39, 0.29) is 11.9 Å². The van der Waals surface area contributed by atoms with Crippen LogP contribution >= 0.6 is 0 Å². The Kier molecular flexibility index (Phi) is 2.90. The van der Waals surface area contributed by atoms with Crippen molar-refractivity contribution >= 4 is 5.91 Å². The monoisotopic (exact) mass is 238 g/mol. The van der Waals surface area contributed by atoms with Crippen LogP contribution < -0.4 is 10.9 Å². The standard InChI is InChI=1S/C11H18N4O2/c16-11-10(15-7-8-17-13-15)3-6-14(11)9-1-4-12-5-2-9/h7-10,12-13H,1-6H2. The van der Waals surface area contributed by atoms with Crippen LogP contribution in [0.1, 0.15) is 19.3 Å². The summed E-state index contributed by atoms with van der Waals surface area (Å²) in [5.74, 6) is 0.222. The average molecular weight is 238 g/mol. The molecule has 1 unspecified atom stereocenters. The number of rotatable bonds is 2. The van der Waals surface area contributed by atoms with Gasteiger partial charge in [0.15, 0.2) is 0 Å². The van der Waals surface area contributed by atoms with E-state index < -0.39 is 0 Å². The fraction of sp³-hybridized carbons (Fsp3) is 0.727. The molecule has 3 rings (SSSR count). The zero-order valence-corrected chi connectivity index (χ0v) is 9.76. The van der Waals surface area contributed by atoms with E-state index in [1.54, 1.807) is 17.5 Å². The third kappa shape index (κ3) is 1.98. The Morgan fingerprint density at radius 2 is 2.12 bits per heavy atom. The molecular weight excluding hydrogens is 220 g/mol. The minimum Gasteiger partial charge on any atom is -0.395 e. The van der Waals surface area contributed by atoms with E-state index in [0.717, 1.165) is 38.9 Å². The summed E-state index contributed by atoms with van der Waals surface area (Å²) in [6.07, 6.45) is 6.33. The number of piperidine rings is 1. The van der Waals surface area contributed by atoms with Gasteiger partial charge in [-0.05, 0) is 32.4 Å². The maximum atomic E-state index is 12.3. The molecular formula is C11H18N4O2. The van der Waals surface area contributed by atoms with Crippen molar-refractivity contribution in [1.29, 1.82) is 0 Å². The number of carbonyl (C=O) groups is 1. The lowest BCUT2D eigenvalue weighted by molar-refractivity contribution is -0.136. The molecule has 6 heteroatoms. The summed E-state index contributed by atoms with van der Waals surface area (Å²) in [6, 6.07) is 0.310. The van der Waals surface area contributed by atoms with Crippen molar-refractivity contribution in [2.24, 2.45) is 0 Å². The Morgan fingerprint density at radius 3 is 2.82 bits per heavy atom. The molecule has 3 aliphatic rings. The van der Waals surface area contributed by atoms with Crippen molar-refractivity contribution in [3.8, 4) is 0 Å². The minimum atomic E-state index is -0.108. The summed E-state index contributed by atoms with van der Waals surface area (Å²) >= 11 is 0. The molecule has 0 saturated carbocycles. The van der Waals surface area contributed by atoms with Gasteiger partial charge in [-0.2, -0.15) is 0 Å². The van der Waals surface area contributed by atoms with Crippen molar-refractivity contribution in [3.05, 3.63) is 12.5 Å². The van der Waals surface area contributed by atoms with E-state index in [1.807, 2.05) is 4.90 Å². The van der Waals surface area contributed by atoms with Crippen molar-refractivity contribution in [2.45, 2.75) is 31.3 Å². The third-order valence-electron chi connectivity index (χ3n) is 3.74. The van der Waals surface area contributed by atoms with E-state index in [2.05, 4.69) is 10.9 Å². The maximum absolute atomic E-state index is 12.3. The number of carbonyl (C=O) groups excluding carboxylic acids is 1. The molecule has 3 heterocycles. The number of hydrogen-bond donors (Lipinski definition) is 2. The highest BCUT2D eigenvalue weighted by Crippen LogP contribution is 2.23. The van der Waals surface area contributed by atoms with E-state index in [9.17, 15) is 4.79 Å². The molecule has 1 amide bonds. The zero-order valence-electron chi connectivity index (χ0n) is 9.76. The molecule has 1 atom stereocenters. The summed E-state index contributed by atoms with van der Waals surface area (Å²) in [6.45, 7) is 2.90. The molecule has 0 bridgehead atoms. The molecule has 17 heavy (non-hydrogen) atoms. The van der Waals surface area contributed by atoms with Crippen LogP contribution in [0.15, 0.2) is 12.5 Å². The molecule has 0 aromatic rings. The van der Waals surface area contributed by atoms with Crippen LogP contribution in [0, 0.1) is 0 Å². The van der Waals surface area contributed by atoms with Crippen molar-refractivity contribution in [3.63, 3.8) is 0 Å². The van der Waals surface area contributed by atoms with Crippen LogP contribution in [-0.2, 0) is 9.63 Å². The number of nitrogens with one attached hydrogen (secondary N) is 2. The molecule has 0 radical (unpaired) electrons.